The van der Waals surface area contributed by atoms with Gasteiger partial charge in [0.2, 0.25) is 0 Å². The molecule has 4 nitrogen and oxygen atoms in total. The van der Waals surface area contributed by atoms with Gasteiger partial charge in [0.05, 0.1) is 30.4 Å². The van der Waals surface area contributed by atoms with Gasteiger partial charge in [-0.25, -0.2) is 0 Å². The highest BCUT2D eigenvalue weighted by atomic mass is 32.2. The number of alkyl halides is 3. The van der Waals surface area contributed by atoms with E-state index in [1.165, 1.54) is 26.4 Å². The van der Waals surface area contributed by atoms with Crippen molar-refractivity contribution in [3.05, 3.63) is 58.5 Å². The van der Waals surface area contributed by atoms with E-state index in [0.717, 1.165) is 28.8 Å². The van der Waals surface area contributed by atoms with E-state index in [4.69, 9.17) is 21.7 Å². The highest BCUT2D eigenvalue weighted by Gasteiger charge is 2.36. The molecule has 0 unspecified atom stereocenters. The fraction of sp³-hybridized carbons (Fsp3) is 0.158. The van der Waals surface area contributed by atoms with Gasteiger partial charge in [-0.15, -0.1) is 0 Å². The molecule has 0 radical (unpaired) electrons. The second-order valence-electron chi connectivity index (χ2n) is 5.71. The number of carbonyl (C=O) groups is 1. The lowest BCUT2D eigenvalue weighted by Gasteiger charge is -2.16. The monoisotopic (exact) mass is 425 g/mol. The first kappa shape index (κ1) is 20.2. The molecule has 0 spiro atoms. The summed E-state index contributed by atoms with van der Waals surface area (Å²) >= 11 is 6.24. The average Bonchev–Trinajstić information content (AvgIpc) is 2.94. The fourth-order valence-electron chi connectivity index (χ4n) is 2.58. The molecule has 1 heterocycles. The standard InChI is InChI=1S/C19H14F3NO3S2/c1-25-14-6-11(7-15(10-14)26-2)8-16-17(24)23(18(27)28-16)13-5-3-4-12(9-13)19(20,21)22/h3-10H,1-2H3. The Morgan fingerprint density at radius 3 is 2.29 bits per heavy atom. The summed E-state index contributed by atoms with van der Waals surface area (Å²) in [6.07, 6.45) is -2.92. The summed E-state index contributed by atoms with van der Waals surface area (Å²) < 4.78 is 49.5. The lowest BCUT2D eigenvalue weighted by atomic mass is 10.1. The average molecular weight is 425 g/mol. The van der Waals surface area contributed by atoms with Crippen molar-refractivity contribution in [1.29, 1.82) is 0 Å². The molecular weight excluding hydrogens is 411 g/mol. The first-order valence-corrected chi connectivity index (χ1v) is 9.13. The van der Waals surface area contributed by atoms with Gasteiger partial charge in [-0.1, -0.05) is 30.0 Å². The van der Waals surface area contributed by atoms with E-state index < -0.39 is 17.6 Å². The molecule has 0 aromatic heterocycles. The predicted octanol–water partition coefficient (Wildman–Crippen LogP) is 5.13. The van der Waals surface area contributed by atoms with Gasteiger partial charge in [0.15, 0.2) is 4.32 Å². The molecule has 9 heteroatoms. The van der Waals surface area contributed by atoms with Crippen LogP contribution in [0.4, 0.5) is 18.9 Å². The van der Waals surface area contributed by atoms with Crippen LogP contribution in [0.15, 0.2) is 47.4 Å². The van der Waals surface area contributed by atoms with E-state index in [9.17, 15) is 18.0 Å². The number of ether oxygens (including phenoxy) is 2. The number of hydrogen-bond acceptors (Lipinski definition) is 5. The van der Waals surface area contributed by atoms with Gasteiger partial charge in [0.1, 0.15) is 11.5 Å². The third-order valence-electron chi connectivity index (χ3n) is 3.90. The summed E-state index contributed by atoms with van der Waals surface area (Å²) in [6.45, 7) is 0. The quantitative estimate of drug-likeness (QED) is 0.502. The SMILES string of the molecule is COc1cc(C=C2SC(=S)N(c3cccc(C(F)(F)F)c3)C2=O)cc(OC)c1. The maximum atomic E-state index is 13.0. The number of thioether (sulfide) groups is 1. The third-order valence-corrected chi connectivity index (χ3v) is 5.20. The molecule has 2 aromatic carbocycles. The minimum absolute atomic E-state index is 0.0731. The van der Waals surface area contributed by atoms with Crippen molar-refractivity contribution >= 4 is 46.0 Å². The number of thiocarbonyl (C=S) groups is 1. The van der Waals surface area contributed by atoms with Crippen molar-refractivity contribution in [2.45, 2.75) is 6.18 Å². The fourth-order valence-corrected chi connectivity index (χ4v) is 3.87. The molecule has 1 fully saturated rings. The minimum atomic E-state index is -4.51. The van der Waals surface area contributed by atoms with Gasteiger partial charge >= 0.3 is 6.18 Å². The van der Waals surface area contributed by atoms with Crippen molar-refractivity contribution in [1.82, 2.24) is 0 Å². The number of amides is 1. The maximum Gasteiger partial charge on any atom is 0.416 e. The second kappa shape index (κ2) is 7.84. The van der Waals surface area contributed by atoms with Crippen LogP contribution in [0.3, 0.4) is 0 Å². The van der Waals surface area contributed by atoms with Gasteiger partial charge < -0.3 is 9.47 Å². The minimum Gasteiger partial charge on any atom is -0.497 e. The van der Waals surface area contributed by atoms with Crippen LogP contribution in [0.1, 0.15) is 11.1 Å². The second-order valence-corrected chi connectivity index (χ2v) is 7.39. The van der Waals surface area contributed by atoms with E-state index in [2.05, 4.69) is 0 Å². The van der Waals surface area contributed by atoms with Crippen molar-refractivity contribution in [3.63, 3.8) is 0 Å². The molecule has 0 bridgehead atoms. The number of anilines is 1. The third kappa shape index (κ3) is 4.15. The topological polar surface area (TPSA) is 38.8 Å². The number of hydrogen-bond donors (Lipinski definition) is 0. The molecule has 146 valence electrons. The maximum absolute atomic E-state index is 13.0. The Bertz CT molecular complexity index is 951. The largest absolute Gasteiger partial charge is 0.497 e. The normalized spacial score (nSPS) is 16.0. The summed E-state index contributed by atoms with van der Waals surface area (Å²) in [6, 6.07) is 9.61. The van der Waals surface area contributed by atoms with E-state index in [1.807, 2.05) is 0 Å². The van der Waals surface area contributed by atoms with E-state index in [0.29, 0.717) is 17.1 Å². The Balaban J connectivity index is 1.96. The van der Waals surface area contributed by atoms with E-state index in [-0.39, 0.29) is 14.9 Å². The molecule has 1 saturated heterocycles. The molecular formula is C19H14F3NO3S2. The van der Waals surface area contributed by atoms with Crippen LogP contribution in [0.2, 0.25) is 0 Å². The lowest BCUT2D eigenvalue weighted by molar-refractivity contribution is -0.137. The number of carbonyl (C=O) groups excluding carboxylic acids is 1. The number of benzene rings is 2. The number of nitrogens with zero attached hydrogens (tertiary/aromatic N) is 1. The van der Waals surface area contributed by atoms with Gasteiger partial charge in [0.25, 0.3) is 5.91 Å². The van der Waals surface area contributed by atoms with Crippen LogP contribution in [0, 0.1) is 0 Å². The number of halogens is 3. The molecule has 2 aromatic rings. The molecule has 1 aliphatic rings. The molecule has 3 rings (SSSR count). The van der Waals surface area contributed by atoms with Crippen molar-refractivity contribution in [2.75, 3.05) is 19.1 Å². The zero-order valence-electron chi connectivity index (χ0n) is 14.7. The van der Waals surface area contributed by atoms with Crippen molar-refractivity contribution in [3.8, 4) is 11.5 Å². The Morgan fingerprint density at radius 2 is 1.71 bits per heavy atom. The molecule has 1 aliphatic heterocycles. The molecule has 0 aliphatic carbocycles. The zero-order chi connectivity index (χ0) is 20.5. The zero-order valence-corrected chi connectivity index (χ0v) is 16.4. The number of methoxy groups -OCH3 is 2. The lowest BCUT2D eigenvalue weighted by Crippen LogP contribution is -2.27. The molecule has 1 amide bonds. The summed E-state index contributed by atoms with van der Waals surface area (Å²) in [5.74, 6) is 0.592. The summed E-state index contributed by atoms with van der Waals surface area (Å²) in [5, 5.41) is 0. The summed E-state index contributed by atoms with van der Waals surface area (Å²) in [7, 11) is 3.01. The van der Waals surface area contributed by atoms with Gasteiger partial charge in [-0.05, 0) is 42.0 Å². The molecule has 0 N–H and O–H groups in total. The van der Waals surface area contributed by atoms with Gasteiger partial charge in [0, 0.05) is 6.07 Å². The van der Waals surface area contributed by atoms with Crippen LogP contribution in [-0.2, 0) is 11.0 Å². The highest BCUT2D eigenvalue weighted by molar-refractivity contribution is 8.27. The summed E-state index contributed by atoms with van der Waals surface area (Å²) in [5.41, 5.74) is -0.134. The predicted molar refractivity (Wildman–Crippen MR) is 107 cm³/mol. The first-order chi connectivity index (χ1) is 13.2. The van der Waals surface area contributed by atoms with Crippen LogP contribution >= 0.6 is 24.0 Å². The van der Waals surface area contributed by atoms with Gasteiger partial charge in [-0.2, -0.15) is 13.2 Å². The Labute approximate surface area is 168 Å². The smallest absolute Gasteiger partial charge is 0.416 e. The highest BCUT2D eigenvalue weighted by Crippen LogP contribution is 2.39. The Hall–Kier alpha value is -2.52. The van der Waals surface area contributed by atoms with E-state index >= 15 is 0 Å². The Kier molecular flexibility index (Phi) is 5.66. The van der Waals surface area contributed by atoms with Crippen molar-refractivity contribution < 1.29 is 27.4 Å². The van der Waals surface area contributed by atoms with Gasteiger partial charge in [-0.3, -0.25) is 9.69 Å². The van der Waals surface area contributed by atoms with Crippen LogP contribution in [0.5, 0.6) is 11.5 Å². The van der Waals surface area contributed by atoms with Crippen LogP contribution in [0.25, 0.3) is 6.08 Å². The first-order valence-electron chi connectivity index (χ1n) is 7.91. The number of rotatable bonds is 4. The van der Waals surface area contributed by atoms with Crippen LogP contribution < -0.4 is 14.4 Å². The van der Waals surface area contributed by atoms with E-state index in [1.54, 1.807) is 24.3 Å². The van der Waals surface area contributed by atoms with Crippen LogP contribution in [-0.4, -0.2) is 24.4 Å². The Morgan fingerprint density at radius 1 is 1.07 bits per heavy atom. The molecule has 0 atom stereocenters. The molecule has 0 saturated carbocycles. The molecule has 28 heavy (non-hydrogen) atoms. The van der Waals surface area contributed by atoms with Crippen molar-refractivity contribution in [2.24, 2.45) is 0 Å². The summed E-state index contributed by atoms with van der Waals surface area (Å²) in [4.78, 5) is 14.2.